The van der Waals surface area contributed by atoms with E-state index in [-0.39, 0.29) is 29.8 Å². The van der Waals surface area contributed by atoms with Crippen molar-refractivity contribution in [2.24, 2.45) is 11.8 Å². The maximum atomic E-state index is 12.7. The smallest absolute Gasteiger partial charge is 0.246 e. The maximum Gasteiger partial charge on any atom is 0.246 e. The van der Waals surface area contributed by atoms with E-state index >= 15 is 0 Å². The van der Waals surface area contributed by atoms with Gasteiger partial charge in [-0.05, 0) is 37.5 Å². The van der Waals surface area contributed by atoms with Crippen LogP contribution in [0.15, 0.2) is 0 Å². The van der Waals surface area contributed by atoms with Crippen LogP contribution in [0.5, 0.6) is 0 Å². The lowest BCUT2D eigenvalue weighted by Crippen LogP contribution is -2.65. The van der Waals surface area contributed by atoms with E-state index in [1.54, 1.807) is 4.90 Å². The quantitative estimate of drug-likeness (QED) is 0.692. The summed E-state index contributed by atoms with van der Waals surface area (Å²) in [6.07, 6.45) is 3.90. The molecule has 0 aromatic rings. The van der Waals surface area contributed by atoms with E-state index in [1.807, 2.05) is 13.8 Å². The number of nitrogens with one attached hydrogen (secondary N) is 1. The number of rotatable bonds is 8. The first-order valence-electron chi connectivity index (χ1n) is 8.24. The van der Waals surface area contributed by atoms with Crippen molar-refractivity contribution in [2.75, 3.05) is 19.8 Å². The van der Waals surface area contributed by atoms with Crippen LogP contribution in [0.2, 0.25) is 0 Å². The molecular weight excluding hydrogens is 268 g/mol. The van der Waals surface area contributed by atoms with E-state index in [2.05, 4.69) is 12.2 Å². The summed E-state index contributed by atoms with van der Waals surface area (Å²) in [4.78, 5) is 26.8. The molecule has 0 aromatic carbocycles. The van der Waals surface area contributed by atoms with Crippen LogP contribution in [0.1, 0.15) is 46.5 Å². The van der Waals surface area contributed by atoms with Crippen molar-refractivity contribution in [3.8, 4) is 0 Å². The molecule has 1 saturated carbocycles. The largest absolute Gasteiger partial charge is 0.381 e. The molecule has 2 rings (SSSR count). The number of carbonyl (C=O) groups excluding carboxylic acids is 2. The minimum atomic E-state index is -0.335. The molecule has 2 fully saturated rings. The predicted molar refractivity (Wildman–Crippen MR) is 80.7 cm³/mol. The van der Waals surface area contributed by atoms with Crippen LogP contribution in [-0.2, 0) is 14.3 Å². The number of nitrogens with zero attached hydrogens (tertiary/aromatic N) is 1. The molecule has 5 nitrogen and oxygen atoms in total. The minimum Gasteiger partial charge on any atom is -0.381 e. The molecule has 2 aliphatic rings. The second kappa shape index (κ2) is 7.25. The maximum absolute atomic E-state index is 12.7. The highest BCUT2D eigenvalue weighted by molar-refractivity contribution is 5.97. The number of hydrogen-bond donors (Lipinski definition) is 1. The van der Waals surface area contributed by atoms with E-state index in [4.69, 9.17) is 4.74 Å². The van der Waals surface area contributed by atoms with Gasteiger partial charge in [0, 0.05) is 19.8 Å². The van der Waals surface area contributed by atoms with Crippen molar-refractivity contribution in [3.63, 3.8) is 0 Å². The normalized spacial score (nSPS) is 26.4. The molecule has 0 spiro atoms. The van der Waals surface area contributed by atoms with Crippen LogP contribution >= 0.6 is 0 Å². The Morgan fingerprint density at radius 2 is 2.00 bits per heavy atom. The van der Waals surface area contributed by atoms with Crippen LogP contribution in [0.3, 0.4) is 0 Å². The van der Waals surface area contributed by atoms with Gasteiger partial charge in [0.2, 0.25) is 11.8 Å². The average Bonchev–Trinajstić information content (AvgIpc) is 3.25. The molecule has 1 heterocycles. The van der Waals surface area contributed by atoms with E-state index in [9.17, 15) is 9.59 Å². The molecule has 2 unspecified atom stereocenters. The average molecular weight is 296 g/mol. The van der Waals surface area contributed by atoms with Crippen molar-refractivity contribution in [2.45, 2.75) is 58.5 Å². The fourth-order valence-electron chi connectivity index (χ4n) is 3.00. The first-order valence-corrected chi connectivity index (χ1v) is 8.24. The first-order chi connectivity index (χ1) is 10.1. The lowest BCUT2D eigenvalue weighted by Gasteiger charge is -2.41. The van der Waals surface area contributed by atoms with Gasteiger partial charge in [-0.15, -0.1) is 0 Å². The van der Waals surface area contributed by atoms with Gasteiger partial charge in [-0.25, -0.2) is 0 Å². The molecule has 1 saturated heterocycles. The molecule has 0 radical (unpaired) electrons. The third-order valence-electron chi connectivity index (χ3n) is 4.21. The number of piperazine rings is 1. The lowest BCUT2D eigenvalue weighted by atomic mass is 9.95. The van der Waals surface area contributed by atoms with Crippen molar-refractivity contribution in [1.82, 2.24) is 10.2 Å². The molecule has 2 amide bonds. The molecule has 0 aromatic heterocycles. The highest BCUT2D eigenvalue weighted by Gasteiger charge is 2.47. The Bertz CT molecular complexity index is 380. The second-order valence-electron chi connectivity index (χ2n) is 6.51. The Morgan fingerprint density at radius 3 is 2.57 bits per heavy atom. The minimum absolute atomic E-state index is 0.0102. The number of ether oxygens (including phenoxy) is 1. The van der Waals surface area contributed by atoms with Crippen LogP contribution in [0, 0.1) is 11.8 Å². The second-order valence-corrected chi connectivity index (χ2v) is 6.51. The van der Waals surface area contributed by atoms with Gasteiger partial charge in [0.05, 0.1) is 0 Å². The van der Waals surface area contributed by atoms with Crippen molar-refractivity contribution in [1.29, 1.82) is 0 Å². The Morgan fingerprint density at radius 1 is 1.29 bits per heavy atom. The van der Waals surface area contributed by atoms with Gasteiger partial charge in [0.1, 0.15) is 12.1 Å². The Kier molecular flexibility index (Phi) is 5.62. The molecule has 2 atom stereocenters. The van der Waals surface area contributed by atoms with Crippen molar-refractivity contribution >= 4 is 11.8 Å². The van der Waals surface area contributed by atoms with E-state index in [0.717, 1.165) is 32.3 Å². The molecule has 1 N–H and O–H groups in total. The fraction of sp³-hybridized carbons (Fsp3) is 0.875. The zero-order chi connectivity index (χ0) is 15.4. The molecule has 1 aliphatic heterocycles. The van der Waals surface area contributed by atoms with Crippen molar-refractivity contribution < 1.29 is 14.3 Å². The van der Waals surface area contributed by atoms with Crippen LogP contribution in [0.25, 0.3) is 0 Å². The van der Waals surface area contributed by atoms with E-state index in [1.165, 1.54) is 0 Å². The third-order valence-corrected chi connectivity index (χ3v) is 4.21. The Balaban J connectivity index is 1.96. The molecule has 1 aliphatic carbocycles. The third kappa shape index (κ3) is 3.96. The summed E-state index contributed by atoms with van der Waals surface area (Å²) < 4.78 is 5.48. The molecular formula is C16H28N2O3. The van der Waals surface area contributed by atoms with Crippen molar-refractivity contribution in [3.05, 3.63) is 0 Å². The Hall–Kier alpha value is -1.10. The molecule has 21 heavy (non-hydrogen) atoms. The number of hydrogen-bond acceptors (Lipinski definition) is 3. The summed E-state index contributed by atoms with van der Waals surface area (Å²) in [5, 5.41) is 2.94. The zero-order valence-electron chi connectivity index (χ0n) is 13.4. The van der Waals surface area contributed by atoms with Gasteiger partial charge in [0.25, 0.3) is 0 Å². The number of amides is 2. The van der Waals surface area contributed by atoms with Gasteiger partial charge in [-0.3, -0.25) is 9.59 Å². The molecule has 0 bridgehead atoms. The highest BCUT2D eigenvalue weighted by Crippen LogP contribution is 2.35. The molecule has 5 heteroatoms. The monoisotopic (exact) mass is 296 g/mol. The van der Waals surface area contributed by atoms with Crippen LogP contribution in [0.4, 0.5) is 0 Å². The lowest BCUT2D eigenvalue weighted by molar-refractivity contribution is -0.152. The van der Waals surface area contributed by atoms with Crippen LogP contribution < -0.4 is 5.32 Å². The summed E-state index contributed by atoms with van der Waals surface area (Å²) in [6.45, 7) is 8.09. The van der Waals surface area contributed by atoms with Crippen LogP contribution in [-0.4, -0.2) is 48.6 Å². The summed E-state index contributed by atoms with van der Waals surface area (Å²) in [5.41, 5.74) is 0. The number of carbonyl (C=O) groups is 2. The van der Waals surface area contributed by atoms with Gasteiger partial charge in [-0.1, -0.05) is 20.8 Å². The fourth-order valence-corrected chi connectivity index (χ4v) is 3.00. The Labute approximate surface area is 127 Å². The zero-order valence-corrected chi connectivity index (χ0v) is 13.4. The summed E-state index contributed by atoms with van der Waals surface area (Å²) in [7, 11) is 0. The van der Waals surface area contributed by atoms with E-state index < -0.39 is 0 Å². The van der Waals surface area contributed by atoms with Gasteiger partial charge < -0.3 is 15.0 Å². The van der Waals surface area contributed by atoms with Gasteiger partial charge >= 0.3 is 0 Å². The van der Waals surface area contributed by atoms with Gasteiger partial charge in [0.15, 0.2) is 0 Å². The standard InChI is InChI=1S/C16H28N2O3/c1-4-9-21-10-5-8-18-14(11(2)3)15(19)17-13(16(18)20)12-6-7-12/h11-14H,4-10H2,1-3H3,(H,17,19). The summed E-state index contributed by atoms with van der Waals surface area (Å²) >= 11 is 0. The summed E-state index contributed by atoms with van der Waals surface area (Å²) in [5.74, 6) is 0.598. The first kappa shape index (κ1) is 16.3. The van der Waals surface area contributed by atoms with Gasteiger partial charge in [-0.2, -0.15) is 0 Å². The predicted octanol–water partition coefficient (Wildman–Crippen LogP) is 1.56. The molecule has 120 valence electrons. The SMILES string of the molecule is CCCOCCCN1C(=O)C(C2CC2)NC(=O)C1C(C)C. The highest BCUT2D eigenvalue weighted by atomic mass is 16.5. The topological polar surface area (TPSA) is 58.6 Å². The van der Waals surface area contributed by atoms with E-state index in [0.29, 0.717) is 19.1 Å². The summed E-state index contributed by atoms with van der Waals surface area (Å²) in [6, 6.07) is -0.622.